The van der Waals surface area contributed by atoms with Crippen molar-refractivity contribution in [1.29, 1.82) is 0 Å². The SMILES string of the molecule is NC(=O)OCc1cc(-c2ccc(OCc3c(Cl)cccc3Cl)cc2)no1. The second-order valence-electron chi connectivity index (χ2n) is 5.30. The number of benzene rings is 2. The number of hydrogen-bond acceptors (Lipinski definition) is 5. The lowest BCUT2D eigenvalue weighted by Gasteiger charge is -2.09. The zero-order valence-electron chi connectivity index (χ0n) is 13.4. The third-order valence-corrected chi connectivity index (χ3v) is 4.22. The molecule has 0 bridgehead atoms. The number of nitrogens with two attached hydrogens (primary N) is 1. The molecule has 0 radical (unpaired) electrons. The Labute approximate surface area is 159 Å². The van der Waals surface area contributed by atoms with Crippen molar-refractivity contribution in [2.24, 2.45) is 5.73 Å². The van der Waals surface area contributed by atoms with Crippen LogP contribution in [0.4, 0.5) is 4.79 Å². The molecule has 26 heavy (non-hydrogen) atoms. The number of ether oxygens (including phenoxy) is 2. The average molecular weight is 393 g/mol. The minimum absolute atomic E-state index is 0.0673. The van der Waals surface area contributed by atoms with E-state index in [1.165, 1.54) is 0 Å². The van der Waals surface area contributed by atoms with Crippen molar-refractivity contribution in [3.8, 4) is 17.0 Å². The first-order chi connectivity index (χ1) is 12.5. The number of carbonyl (C=O) groups is 1. The Morgan fingerprint density at radius 1 is 1.08 bits per heavy atom. The fourth-order valence-electron chi connectivity index (χ4n) is 2.21. The number of hydrogen-bond donors (Lipinski definition) is 1. The van der Waals surface area contributed by atoms with Crippen LogP contribution >= 0.6 is 23.2 Å². The molecule has 2 aromatic carbocycles. The first-order valence-corrected chi connectivity index (χ1v) is 8.32. The summed E-state index contributed by atoms with van der Waals surface area (Å²) in [6.45, 7) is 0.193. The minimum Gasteiger partial charge on any atom is -0.489 e. The summed E-state index contributed by atoms with van der Waals surface area (Å²) in [6, 6.07) is 14.2. The van der Waals surface area contributed by atoms with Crippen LogP contribution in [0.25, 0.3) is 11.3 Å². The van der Waals surface area contributed by atoms with Crippen LogP contribution in [0.5, 0.6) is 5.75 Å². The minimum atomic E-state index is -0.872. The van der Waals surface area contributed by atoms with Gasteiger partial charge in [-0.2, -0.15) is 0 Å². The van der Waals surface area contributed by atoms with Crippen molar-refractivity contribution in [3.63, 3.8) is 0 Å². The van der Waals surface area contributed by atoms with Gasteiger partial charge in [0.2, 0.25) is 0 Å². The summed E-state index contributed by atoms with van der Waals surface area (Å²) in [5.74, 6) is 1.05. The molecule has 1 amide bonds. The van der Waals surface area contributed by atoms with E-state index in [1.807, 2.05) is 12.1 Å². The van der Waals surface area contributed by atoms with Crippen molar-refractivity contribution < 1.29 is 18.8 Å². The van der Waals surface area contributed by atoms with Crippen molar-refractivity contribution in [2.75, 3.05) is 0 Å². The second kappa shape index (κ2) is 8.12. The number of primary amides is 1. The maximum absolute atomic E-state index is 10.6. The van der Waals surface area contributed by atoms with Crippen molar-refractivity contribution in [3.05, 3.63) is 69.9 Å². The molecule has 134 valence electrons. The first-order valence-electron chi connectivity index (χ1n) is 7.57. The van der Waals surface area contributed by atoms with Crippen LogP contribution < -0.4 is 10.5 Å². The van der Waals surface area contributed by atoms with E-state index >= 15 is 0 Å². The fraction of sp³-hybridized carbons (Fsp3) is 0.111. The molecule has 0 spiro atoms. The van der Waals surface area contributed by atoms with E-state index in [0.717, 1.165) is 11.1 Å². The zero-order chi connectivity index (χ0) is 18.5. The van der Waals surface area contributed by atoms with Gasteiger partial charge in [0, 0.05) is 27.2 Å². The third kappa shape index (κ3) is 4.47. The van der Waals surface area contributed by atoms with Crippen LogP contribution in [-0.2, 0) is 18.0 Å². The van der Waals surface area contributed by atoms with Crippen LogP contribution in [-0.4, -0.2) is 11.2 Å². The molecule has 0 saturated heterocycles. The first kappa shape index (κ1) is 18.1. The maximum atomic E-state index is 10.6. The topological polar surface area (TPSA) is 87.6 Å². The molecule has 0 aliphatic rings. The highest BCUT2D eigenvalue weighted by Gasteiger charge is 2.09. The van der Waals surface area contributed by atoms with E-state index in [2.05, 4.69) is 9.89 Å². The van der Waals surface area contributed by atoms with Crippen molar-refractivity contribution in [2.45, 2.75) is 13.2 Å². The third-order valence-electron chi connectivity index (χ3n) is 3.51. The molecule has 1 aromatic heterocycles. The van der Waals surface area contributed by atoms with Gasteiger partial charge in [0.15, 0.2) is 12.4 Å². The molecule has 0 saturated carbocycles. The number of carbonyl (C=O) groups excluding carboxylic acids is 1. The zero-order valence-corrected chi connectivity index (χ0v) is 15.0. The number of amides is 1. The Kier molecular flexibility index (Phi) is 5.65. The summed E-state index contributed by atoms with van der Waals surface area (Å²) in [4.78, 5) is 10.6. The van der Waals surface area contributed by atoms with Gasteiger partial charge < -0.3 is 19.7 Å². The number of nitrogens with zero attached hydrogens (tertiary/aromatic N) is 1. The van der Waals surface area contributed by atoms with E-state index in [1.54, 1.807) is 36.4 Å². The molecule has 3 aromatic rings. The van der Waals surface area contributed by atoms with Gasteiger partial charge in [0.1, 0.15) is 18.1 Å². The number of aromatic nitrogens is 1. The van der Waals surface area contributed by atoms with Crippen LogP contribution in [0.2, 0.25) is 10.0 Å². The van der Waals surface area contributed by atoms with Gasteiger partial charge in [-0.3, -0.25) is 0 Å². The van der Waals surface area contributed by atoms with Crippen molar-refractivity contribution >= 4 is 29.3 Å². The Morgan fingerprint density at radius 2 is 1.77 bits per heavy atom. The highest BCUT2D eigenvalue weighted by molar-refractivity contribution is 6.35. The number of rotatable bonds is 6. The van der Waals surface area contributed by atoms with Gasteiger partial charge in [0.25, 0.3) is 0 Å². The van der Waals surface area contributed by atoms with Gasteiger partial charge >= 0.3 is 6.09 Å². The molecule has 0 fully saturated rings. The quantitative estimate of drug-likeness (QED) is 0.649. The lowest BCUT2D eigenvalue weighted by atomic mass is 10.1. The Balaban J connectivity index is 1.64. The molecule has 0 aliphatic carbocycles. The summed E-state index contributed by atoms with van der Waals surface area (Å²) in [5, 5.41) is 5.04. The molecule has 0 aliphatic heterocycles. The Hall–Kier alpha value is -2.70. The van der Waals surface area contributed by atoms with E-state index in [-0.39, 0.29) is 13.2 Å². The fourth-order valence-corrected chi connectivity index (χ4v) is 2.71. The van der Waals surface area contributed by atoms with E-state index in [9.17, 15) is 4.79 Å². The van der Waals surface area contributed by atoms with E-state index in [0.29, 0.717) is 27.2 Å². The molecule has 2 N–H and O–H groups in total. The van der Waals surface area contributed by atoms with Gasteiger partial charge in [0.05, 0.1) is 0 Å². The molecule has 6 nitrogen and oxygen atoms in total. The Morgan fingerprint density at radius 3 is 2.42 bits per heavy atom. The normalized spacial score (nSPS) is 10.5. The highest BCUT2D eigenvalue weighted by Crippen LogP contribution is 2.27. The van der Waals surface area contributed by atoms with Gasteiger partial charge in [-0.1, -0.05) is 34.4 Å². The molecule has 1 heterocycles. The highest BCUT2D eigenvalue weighted by atomic mass is 35.5. The standard InChI is InChI=1S/C18H14Cl2N2O4/c19-15-2-1-3-16(20)14(15)10-24-12-6-4-11(5-7-12)17-8-13(26-22-17)9-25-18(21)23/h1-8H,9-10H2,(H2,21,23). The summed E-state index contributed by atoms with van der Waals surface area (Å²) in [5.41, 5.74) is 7.07. The van der Waals surface area contributed by atoms with Gasteiger partial charge in [-0.05, 0) is 36.4 Å². The molecule has 3 rings (SSSR count). The molecule has 8 heteroatoms. The lowest BCUT2D eigenvalue weighted by molar-refractivity contribution is 0.137. The predicted octanol–water partition coefficient (Wildman–Crippen LogP) is 4.82. The van der Waals surface area contributed by atoms with Crippen LogP contribution in [0.3, 0.4) is 0 Å². The lowest BCUT2D eigenvalue weighted by Crippen LogP contribution is -2.12. The maximum Gasteiger partial charge on any atom is 0.404 e. The van der Waals surface area contributed by atoms with Crippen LogP contribution in [0.1, 0.15) is 11.3 Å². The Bertz CT molecular complexity index is 890. The second-order valence-corrected chi connectivity index (χ2v) is 6.11. The van der Waals surface area contributed by atoms with E-state index in [4.69, 9.17) is 38.2 Å². The molecular formula is C18H14Cl2N2O4. The largest absolute Gasteiger partial charge is 0.489 e. The van der Waals surface area contributed by atoms with Gasteiger partial charge in [-0.15, -0.1) is 0 Å². The van der Waals surface area contributed by atoms with Crippen LogP contribution in [0.15, 0.2) is 53.1 Å². The van der Waals surface area contributed by atoms with E-state index < -0.39 is 6.09 Å². The summed E-state index contributed by atoms with van der Waals surface area (Å²) < 4.78 is 15.5. The average Bonchev–Trinajstić information content (AvgIpc) is 3.09. The van der Waals surface area contributed by atoms with Crippen molar-refractivity contribution in [1.82, 2.24) is 5.16 Å². The smallest absolute Gasteiger partial charge is 0.404 e. The van der Waals surface area contributed by atoms with Gasteiger partial charge in [-0.25, -0.2) is 4.79 Å². The molecular weight excluding hydrogens is 379 g/mol. The summed E-state index contributed by atoms with van der Waals surface area (Å²) in [7, 11) is 0. The molecule has 0 atom stereocenters. The number of halogens is 2. The monoisotopic (exact) mass is 392 g/mol. The predicted molar refractivity (Wildman–Crippen MR) is 97.1 cm³/mol. The van der Waals surface area contributed by atoms with Crippen LogP contribution in [0, 0.1) is 0 Å². The summed E-state index contributed by atoms with van der Waals surface area (Å²) in [6.07, 6.45) is -0.872. The molecule has 0 unspecified atom stereocenters. The summed E-state index contributed by atoms with van der Waals surface area (Å²) >= 11 is 12.3.